The molecule has 0 bridgehead atoms. The first kappa shape index (κ1) is 14.2. The highest BCUT2D eigenvalue weighted by Crippen LogP contribution is 2.38. The first-order valence-electron chi connectivity index (χ1n) is 6.78. The van der Waals surface area contributed by atoms with E-state index in [1.165, 1.54) is 5.56 Å². The van der Waals surface area contributed by atoms with Crippen molar-refractivity contribution in [3.8, 4) is 11.5 Å². The van der Waals surface area contributed by atoms with Crippen LogP contribution in [0.4, 0.5) is 0 Å². The Labute approximate surface area is 114 Å². The third-order valence-electron chi connectivity index (χ3n) is 3.25. The lowest BCUT2D eigenvalue weighted by Gasteiger charge is -2.22. The van der Waals surface area contributed by atoms with Gasteiger partial charge in [-0.3, -0.25) is 0 Å². The molecule has 1 aliphatic rings. The fourth-order valence-corrected chi connectivity index (χ4v) is 2.47. The molecule has 1 aromatic rings. The van der Waals surface area contributed by atoms with Crippen LogP contribution < -0.4 is 15.2 Å². The molecule has 1 heterocycles. The molecule has 0 radical (unpaired) electrons. The zero-order chi connectivity index (χ0) is 14.0. The molecule has 0 fully saturated rings. The SMILES string of the molecule is COc1cc2c(cc1C(CN)OC(C)C)OC(C)C2. The number of hydrogen-bond acceptors (Lipinski definition) is 4. The van der Waals surface area contributed by atoms with E-state index in [0.717, 1.165) is 23.5 Å². The van der Waals surface area contributed by atoms with Gasteiger partial charge < -0.3 is 19.9 Å². The van der Waals surface area contributed by atoms with Crippen LogP contribution in [0.3, 0.4) is 0 Å². The van der Waals surface area contributed by atoms with Crippen molar-refractivity contribution in [2.75, 3.05) is 13.7 Å². The zero-order valence-corrected chi connectivity index (χ0v) is 12.1. The van der Waals surface area contributed by atoms with Gasteiger partial charge in [0.15, 0.2) is 0 Å². The Hall–Kier alpha value is -1.26. The van der Waals surface area contributed by atoms with E-state index in [-0.39, 0.29) is 18.3 Å². The lowest BCUT2D eigenvalue weighted by atomic mass is 10.0. The molecule has 2 N–H and O–H groups in total. The minimum atomic E-state index is -0.167. The Morgan fingerprint density at radius 3 is 2.74 bits per heavy atom. The number of hydrogen-bond donors (Lipinski definition) is 1. The van der Waals surface area contributed by atoms with Gasteiger partial charge in [-0.2, -0.15) is 0 Å². The predicted octanol–water partition coefficient (Wildman–Crippen LogP) is 2.44. The van der Waals surface area contributed by atoms with Crippen molar-refractivity contribution in [2.24, 2.45) is 5.73 Å². The van der Waals surface area contributed by atoms with Gasteiger partial charge in [-0.05, 0) is 32.9 Å². The first-order chi connectivity index (χ1) is 9.05. The third kappa shape index (κ3) is 3.01. The average molecular weight is 265 g/mol. The summed E-state index contributed by atoms with van der Waals surface area (Å²) in [5.41, 5.74) is 7.98. The normalized spacial score (nSPS) is 19.2. The second-order valence-corrected chi connectivity index (χ2v) is 5.24. The molecule has 2 unspecified atom stereocenters. The van der Waals surface area contributed by atoms with E-state index in [0.29, 0.717) is 6.54 Å². The first-order valence-corrected chi connectivity index (χ1v) is 6.78. The molecule has 2 rings (SSSR count). The summed E-state index contributed by atoms with van der Waals surface area (Å²) in [5, 5.41) is 0. The van der Waals surface area contributed by atoms with Crippen LogP contribution in [0.1, 0.15) is 38.0 Å². The van der Waals surface area contributed by atoms with Gasteiger partial charge in [0, 0.05) is 24.1 Å². The Kier molecular flexibility index (Phi) is 4.32. The van der Waals surface area contributed by atoms with Crippen LogP contribution in [-0.4, -0.2) is 25.9 Å². The van der Waals surface area contributed by atoms with Gasteiger partial charge in [-0.1, -0.05) is 0 Å². The fraction of sp³-hybridized carbons (Fsp3) is 0.600. The van der Waals surface area contributed by atoms with E-state index in [1.807, 2.05) is 26.0 Å². The van der Waals surface area contributed by atoms with Gasteiger partial charge in [-0.15, -0.1) is 0 Å². The van der Waals surface area contributed by atoms with Gasteiger partial charge in [0.25, 0.3) is 0 Å². The van der Waals surface area contributed by atoms with E-state index >= 15 is 0 Å². The Morgan fingerprint density at radius 1 is 1.42 bits per heavy atom. The summed E-state index contributed by atoms with van der Waals surface area (Å²) in [4.78, 5) is 0. The number of nitrogens with two attached hydrogens (primary N) is 1. The van der Waals surface area contributed by atoms with E-state index < -0.39 is 0 Å². The van der Waals surface area contributed by atoms with E-state index in [1.54, 1.807) is 7.11 Å². The predicted molar refractivity (Wildman–Crippen MR) is 74.8 cm³/mol. The quantitative estimate of drug-likeness (QED) is 0.888. The van der Waals surface area contributed by atoms with Crippen molar-refractivity contribution in [1.82, 2.24) is 0 Å². The van der Waals surface area contributed by atoms with Crippen molar-refractivity contribution >= 4 is 0 Å². The summed E-state index contributed by atoms with van der Waals surface area (Å²) in [6, 6.07) is 4.05. The molecular weight excluding hydrogens is 242 g/mol. The molecule has 0 aromatic heterocycles. The van der Waals surface area contributed by atoms with Crippen LogP contribution in [0.5, 0.6) is 11.5 Å². The van der Waals surface area contributed by atoms with Gasteiger partial charge in [0.05, 0.1) is 19.3 Å². The van der Waals surface area contributed by atoms with E-state index in [9.17, 15) is 0 Å². The molecule has 0 spiro atoms. The highest BCUT2D eigenvalue weighted by molar-refractivity contribution is 5.49. The smallest absolute Gasteiger partial charge is 0.125 e. The summed E-state index contributed by atoms with van der Waals surface area (Å²) >= 11 is 0. The Morgan fingerprint density at radius 2 is 2.16 bits per heavy atom. The highest BCUT2D eigenvalue weighted by atomic mass is 16.5. The van der Waals surface area contributed by atoms with Crippen LogP contribution in [0.2, 0.25) is 0 Å². The maximum absolute atomic E-state index is 5.85. The monoisotopic (exact) mass is 265 g/mol. The topological polar surface area (TPSA) is 53.7 Å². The van der Waals surface area contributed by atoms with Gasteiger partial charge in [0.1, 0.15) is 17.6 Å². The Bertz CT molecular complexity index is 445. The zero-order valence-electron chi connectivity index (χ0n) is 12.1. The molecule has 0 saturated carbocycles. The number of ether oxygens (including phenoxy) is 3. The molecule has 0 saturated heterocycles. The van der Waals surface area contributed by atoms with Crippen molar-refractivity contribution in [3.05, 3.63) is 23.3 Å². The minimum absolute atomic E-state index is 0.117. The van der Waals surface area contributed by atoms with Crippen LogP contribution in [0.15, 0.2) is 12.1 Å². The van der Waals surface area contributed by atoms with Crippen LogP contribution in [0, 0.1) is 0 Å². The van der Waals surface area contributed by atoms with Gasteiger partial charge in [-0.25, -0.2) is 0 Å². The second kappa shape index (κ2) is 5.80. The third-order valence-corrected chi connectivity index (χ3v) is 3.25. The minimum Gasteiger partial charge on any atom is -0.496 e. The number of fused-ring (bicyclic) bond motifs is 1. The summed E-state index contributed by atoms with van der Waals surface area (Å²) in [7, 11) is 1.67. The largest absolute Gasteiger partial charge is 0.496 e. The van der Waals surface area contributed by atoms with Crippen molar-refractivity contribution in [3.63, 3.8) is 0 Å². The van der Waals surface area contributed by atoms with Crippen LogP contribution in [0.25, 0.3) is 0 Å². The molecule has 1 aliphatic heterocycles. The standard InChI is InChI=1S/C15H23NO3/c1-9(2)18-15(8-16)12-7-13-11(5-10(3)19-13)6-14(12)17-4/h6-7,9-10,15H,5,8,16H2,1-4H3. The molecule has 0 amide bonds. The summed E-state index contributed by atoms with van der Waals surface area (Å²) in [5.74, 6) is 1.75. The number of methoxy groups -OCH3 is 1. The van der Waals surface area contributed by atoms with Crippen LogP contribution >= 0.6 is 0 Å². The summed E-state index contributed by atoms with van der Waals surface area (Å²) in [6.07, 6.45) is 1.09. The van der Waals surface area contributed by atoms with Crippen molar-refractivity contribution in [1.29, 1.82) is 0 Å². The van der Waals surface area contributed by atoms with Crippen molar-refractivity contribution < 1.29 is 14.2 Å². The molecule has 2 atom stereocenters. The fourth-order valence-electron chi connectivity index (χ4n) is 2.47. The Balaban J connectivity index is 2.36. The maximum atomic E-state index is 5.85. The molecule has 1 aromatic carbocycles. The summed E-state index contributed by atoms with van der Waals surface area (Å²) in [6.45, 7) is 6.49. The maximum Gasteiger partial charge on any atom is 0.125 e. The lowest BCUT2D eigenvalue weighted by molar-refractivity contribution is 0.0106. The van der Waals surface area contributed by atoms with Crippen molar-refractivity contribution in [2.45, 2.75) is 45.5 Å². The summed E-state index contributed by atoms with van der Waals surface area (Å²) < 4.78 is 17.1. The van der Waals surface area contributed by atoms with Gasteiger partial charge in [0.2, 0.25) is 0 Å². The lowest BCUT2D eigenvalue weighted by Crippen LogP contribution is -2.20. The molecule has 0 aliphatic carbocycles. The molecule has 4 heteroatoms. The van der Waals surface area contributed by atoms with E-state index in [4.69, 9.17) is 19.9 Å². The average Bonchev–Trinajstić information content (AvgIpc) is 2.73. The van der Waals surface area contributed by atoms with E-state index in [2.05, 4.69) is 6.92 Å². The molecular formula is C15H23NO3. The number of benzene rings is 1. The number of rotatable bonds is 5. The molecule has 106 valence electrons. The van der Waals surface area contributed by atoms with Crippen LogP contribution in [-0.2, 0) is 11.2 Å². The second-order valence-electron chi connectivity index (χ2n) is 5.24. The van der Waals surface area contributed by atoms with Gasteiger partial charge >= 0.3 is 0 Å². The highest BCUT2D eigenvalue weighted by Gasteiger charge is 2.25. The molecule has 4 nitrogen and oxygen atoms in total. The molecule has 19 heavy (non-hydrogen) atoms.